The van der Waals surface area contributed by atoms with Crippen LogP contribution in [0.1, 0.15) is 28.6 Å². The molecule has 1 aromatic carbocycles. The summed E-state index contributed by atoms with van der Waals surface area (Å²) in [4.78, 5) is 25.7. The molecule has 26 heavy (non-hydrogen) atoms. The molecule has 0 aliphatic carbocycles. The largest absolute Gasteiger partial charge is 0.494 e. The van der Waals surface area contributed by atoms with Gasteiger partial charge in [0.05, 0.1) is 16.4 Å². The van der Waals surface area contributed by atoms with Gasteiger partial charge in [-0.05, 0) is 53.9 Å². The van der Waals surface area contributed by atoms with Crippen molar-refractivity contribution in [1.29, 1.82) is 0 Å². The number of carbonyl (C=O) groups is 2. The number of amides is 2. The van der Waals surface area contributed by atoms with E-state index in [-0.39, 0.29) is 11.8 Å². The lowest BCUT2D eigenvalue weighted by atomic mass is 10.2. The number of nitrogens with zero attached hydrogens (tertiary/aromatic N) is 1. The summed E-state index contributed by atoms with van der Waals surface area (Å²) < 4.78 is 5.85. The molecule has 8 heteroatoms. The maximum Gasteiger partial charge on any atom is 0.285 e. The lowest BCUT2D eigenvalue weighted by molar-refractivity contribution is -0.123. The van der Waals surface area contributed by atoms with Crippen LogP contribution in [0.3, 0.4) is 0 Å². The van der Waals surface area contributed by atoms with Gasteiger partial charge in [0.25, 0.3) is 11.8 Å². The second-order valence-corrected chi connectivity index (χ2v) is 7.98. The fourth-order valence-electron chi connectivity index (χ4n) is 2.16. The Morgan fingerprint density at radius 3 is 2.73 bits per heavy atom. The van der Waals surface area contributed by atoms with E-state index in [1.165, 1.54) is 11.3 Å². The van der Waals surface area contributed by atoms with Crippen LogP contribution in [0, 0.1) is 0 Å². The maximum absolute atomic E-state index is 12.5. The Balaban J connectivity index is 1.69. The predicted molar refractivity (Wildman–Crippen MR) is 109 cm³/mol. The summed E-state index contributed by atoms with van der Waals surface area (Å²) in [7, 11) is 0. The van der Waals surface area contributed by atoms with Crippen LogP contribution in [-0.2, 0) is 4.79 Å². The molecule has 1 N–H and O–H groups in total. The van der Waals surface area contributed by atoms with Crippen LogP contribution >= 0.6 is 35.3 Å². The van der Waals surface area contributed by atoms with E-state index in [1.807, 2.05) is 31.2 Å². The predicted octanol–water partition coefficient (Wildman–Crippen LogP) is 4.08. The van der Waals surface area contributed by atoms with Gasteiger partial charge in [0.15, 0.2) is 4.32 Å². The molecule has 1 aliphatic heterocycles. The van der Waals surface area contributed by atoms with E-state index in [2.05, 4.69) is 5.43 Å². The first-order chi connectivity index (χ1) is 12.6. The van der Waals surface area contributed by atoms with E-state index in [9.17, 15) is 9.59 Å². The van der Waals surface area contributed by atoms with Crippen LogP contribution in [0.2, 0.25) is 0 Å². The smallest absolute Gasteiger partial charge is 0.285 e. The molecule has 1 aliphatic rings. The quantitative estimate of drug-likeness (QED) is 0.581. The summed E-state index contributed by atoms with van der Waals surface area (Å²) in [6.45, 7) is 2.72. The molecule has 5 nitrogen and oxygen atoms in total. The molecule has 2 heterocycles. The standard InChI is InChI=1S/C18H16N2O3S3/c1-2-9-23-13-7-5-12(6-8-13)11-15-17(22)20(18(24)26-15)19-16(21)14-4-3-10-25-14/h3-8,10-11H,2,9H2,1H3,(H,19,21)/b15-11-. The molecule has 3 rings (SSSR count). The minimum Gasteiger partial charge on any atom is -0.494 e. The lowest BCUT2D eigenvalue weighted by Gasteiger charge is -2.14. The van der Waals surface area contributed by atoms with Gasteiger partial charge in [0.2, 0.25) is 0 Å². The van der Waals surface area contributed by atoms with Gasteiger partial charge in [-0.2, -0.15) is 5.01 Å². The van der Waals surface area contributed by atoms with E-state index in [4.69, 9.17) is 17.0 Å². The molecule has 1 aromatic heterocycles. The molecule has 0 atom stereocenters. The number of ether oxygens (including phenoxy) is 1. The fourth-order valence-corrected chi connectivity index (χ4v) is 3.95. The number of hydrogen-bond donors (Lipinski definition) is 1. The van der Waals surface area contributed by atoms with Crippen molar-refractivity contribution in [3.63, 3.8) is 0 Å². The maximum atomic E-state index is 12.5. The molecule has 2 aromatic rings. The lowest BCUT2D eigenvalue weighted by Crippen LogP contribution is -2.44. The first-order valence-corrected chi connectivity index (χ1v) is 10.0. The third-order valence-electron chi connectivity index (χ3n) is 3.40. The number of rotatable bonds is 6. The van der Waals surface area contributed by atoms with E-state index in [0.29, 0.717) is 20.7 Å². The Morgan fingerprint density at radius 1 is 1.31 bits per heavy atom. The molecule has 1 fully saturated rings. The zero-order valence-corrected chi connectivity index (χ0v) is 16.4. The number of thiocarbonyl (C=S) groups is 1. The average Bonchev–Trinajstić information content (AvgIpc) is 3.26. The topological polar surface area (TPSA) is 58.6 Å². The van der Waals surface area contributed by atoms with E-state index in [1.54, 1.807) is 23.6 Å². The van der Waals surface area contributed by atoms with Gasteiger partial charge in [0, 0.05) is 0 Å². The van der Waals surface area contributed by atoms with Crippen LogP contribution < -0.4 is 10.2 Å². The van der Waals surface area contributed by atoms with Crippen molar-refractivity contribution < 1.29 is 14.3 Å². The first kappa shape index (κ1) is 18.6. The van der Waals surface area contributed by atoms with E-state index < -0.39 is 0 Å². The molecule has 0 unspecified atom stereocenters. The van der Waals surface area contributed by atoms with Gasteiger partial charge in [0.1, 0.15) is 5.75 Å². The van der Waals surface area contributed by atoms with Gasteiger partial charge in [-0.1, -0.05) is 36.9 Å². The minimum atomic E-state index is -0.352. The Hall–Kier alpha value is -2.16. The van der Waals surface area contributed by atoms with Crippen molar-refractivity contribution in [2.75, 3.05) is 6.61 Å². The number of thiophene rings is 1. The molecule has 134 valence electrons. The Kier molecular flexibility index (Phi) is 6.08. The number of hydrazine groups is 1. The molecular weight excluding hydrogens is 388 g/mol. The second-order valence-electron chi connectivity index (χ2n) is 5.35. The molecule has 0 bridgehead atoms. The summed E-state index contributed by atoms with van der Waals surface area (Å²) in [5.74, 6) is 0.103. The number of benzene rings is 1. The highest BCUT2D eigenvalue weighted by Gasteiger charge is 2.33. The average molecular weight is 405 g/mol. The van der Waals surface area contributed by atoms with Crippen LogP contribution in [0.4, 0.5) is 0 Å². The molecular formula is C18H16N2O3S3. The summed E-state index contributed by atoms with van der Waals surface area (Å²) >= 11 is 7.68. The van der Waals surface area contributed by atoms with Gasteiger partial charge in [-0.25, -0.2) is 0 Å². The zero-order valence-electron chi connectivity index (χ0n) is 13.9. The van der Waals surface area contributed by atoms with Crippen molar-refractivity contribution in [2.24, 2.45) is 0 Å². The molecule has 0 radical (unpaired) electrons. The normalized spacial score (nSPS) is 15.6. The SMILES string of the molecule is CCCOc1ccc(/C=C2\SC(=S)N(NC(=O)c3cccs3)C2=O)cc1. The third-order valence-corrected chi connectivity index (χ3v) is 5.57. The van der Waals surface area contributed by atoms with Crippen molar-refractivity contribution in [3.05, 3.63) is 57.1 Å². The Labute approximate surface area is 165 Å². The summed E-state index contributed by atoms with van der Waals surface area (Å²) in [5.41, 5.74) is 3.42. The van der Waals surface area contributed by atoms with E-state index >= 15 is 0 Å². The van der Waals surface area contributed by atoms with Crippen molar-refractivity contribution in [2.45, 2.75) is 13.3 Å². The van der Waals surface area contributed by atoms with Crippen molar-refractivity contribution in [3.8, 4) is 5.75 Å². The van der Waals surface area contributed by atoms with Crippen molar-refractivity contribution >= 4 is 57.5 Å². The number of hydrogen-bond acceptors (Lipinski definition) is 6. The number of carbonyl (C=O) groups excluding carboxylic acids is 2. The summed E-state index contributed by atoms with van der Waals surface area (Å²) in [6.07, 6.45) is 2.70. The summed E-state index contributed by atoms with van der Waals surface area (Å²) in [5, 5.41) is 2.92. The minimum absolute atomic E-state index is 0.300. The van der Waals surface area contributed by atoms with Crippen LogP contribution in [0.15, 0.2) is 46.7 Å². The molecule has 1 saturated heterocycles. The highest BCUT2D eigenvalue weighted by Crippen LogP contribution is 2.31. The molecule has 2 amide bonds. The van der Waals surface area contributed by atoms with Crippen LogP contribution in [-0.4, -0.2) is 27.8 Å². The number of thioether (sulfide) groups is 1. The fraction of sp³-hybridized carbons (Fsp3) is 0.167. The van der Waals surface area contributed by atoms with Crippen molar-refractivity contribution in [1.82, 2.24) is 10.4 Å². The van der Waals surface area contributed by atoms with Gasteiger partial charge in [-0.3, -0.25) is 15.0 Å². The second kappa shape index (κ2) is 8.48. The summed E-state index contributed by atoms with van der Waals surface area (Å²) in [6, 6.07) is 10.9. The molecule has 0 spiro atoms. The van der Waals surface area contributed by atoms with Gasteiger partial charge in [-0.15, -0.1) is 11.3 Å². The van der Waals surface area contributed by atoms with Gasteiger partial charge >= 0.3 is 0 Å². The highest BCUT2D eigenvalue weighted by molar-refractivity contribution is 8.26. The zero-order chi connectivity index (χ0) is 18.5. The van der Waals surface area contributed by atoms with Crippen LogP contribution in [0.5, 0.6) is 5.75 Å². The number of nitrogens with one attached hydrogen (secondary N) is 1. The first-order valence-electron chi connectivity index (χ1n) is 7.94. The monoisotopic (exact) mass is 404 g/mol. The highest BCUT2D eigenvalue weighted by atomic mass is 32.2. The van der Waals surface area contributed by atoms with Crippen LogP contribution in [0.25, 0.3) is 6.08 Å². The Morgan fingerprint density at radius 2 is 2.08 bits per heavy atom. The van der Waals surface area contributed by atoms with E-state index in [0.717, 1.165) is 34.5 Å². The molecule has 0 saturated carbocycles. The van der Waals surface area contributed by atoms with Gasteiger partial charge < -0.3 is 4.74 Å². The Bertz CT molecular complexity index is 845. The third kappa shape index (κ3) is 4.32.